The number of carbonyl (C=O) groups is 1. The minimum Gasteiger partial charge on any atom is -0.384 e. The number of pyridine rings is 1. The average Bonchev–Trinajstić information content (AvgIpc) is 2.41. The molecule has 0 saturated carbocycles. The highest BCUT2D eigenvalue weighted by Gasteiger charge is 2.10. The summed E-state index contributed by atoms with van der Waals surface area (Å²) in [6, 6.07) is 10.8. The van der Waals surface area contributed by atoms with E-state index in [9.17, 15) is 4.79 Å². The van der Waals surface area contributed by atoms with Gasteiger partial charge in [0.25, 0.3) is 5.91 Å². The van der Waals surface area contributed by atoms with E-state index in [1.54, 1.807) is 30.0 Å². The molecule has 2 aromatic rings. The molecule has 0 radical (unpaired) electrons. The summed E-state index contributed by atoms with van der Waals surface area (Å²) in [7, 11) is 0. The normalized spacial score (nSPS) is 10.1. The summed E-state index contributed by atoms with van der Waals surface area (Å²) in [4.78, 5) is 17.0. The Bertz CT molecular complexity index is 554. The summed E-state index contributed by atoms with van der Waals surface area (Å²) in [6.07, 6.45) is 3.48. The fourth-order valence-electron chi connectivity index (χ4n) is 1.51. The van der Waals surface area contributed by atoms with Crippen molar-refractivity contribution < 1.29 is 4.79 Å². The molecular formula is C13H13N3OS. The molecule has 2 rings (SSSR count). The smallest absolute Gasteiger partial charge is 0.256 e. The van der Waals surface area contributed by atoms with Crippen molar-refractivity contribution in [3.8, 4) is 0 Å². The number of hydrogen-bond acceptors (Lipinski definition) is 4. The quantitative estimate of drug-likeness (QED) is 0.831. The fourth-order valence-corrected chi connectivity index (χ4v) is 2.11. The first kappa shape index (κ1) is 12.4. The Kier molecular flexibility index (Phi) is 3.84. The Morgan fingerprint density at radius 2 is 2.06 bits per heavy atom. The molecule has 5 heteroatoms. The van der Waals surface area contributed by atoms with E-state index in [1.165, 1.54) is 6.20 Å². The van der Waals surface area contributed by atoms with Crippen LogP contribution >= 0.6 is 11.8 Å². The molecule has 0 spiro atoms. The summed E-state index contributed by atoms with van der Waals surface area (Å²) in [5, 5.41) is 2.79. The number of nitrogens with zero attached hydrogens (tertiary/aromatic N) is 1. The number of nitrogen functional groups attached to an aromatic ring is 1. The highest BCUT2D eigenvalue weighted by atomic mass is 32.2. The van der Waals surface area contributed by atoms with Gasteiger partial charge < -0.3 is 11.1 Å². The lowest BCUT2D eigenvalue weighted by Crippen LogP contribution is -2.13. The van der Waals surface area contributed by atoms with Crippen molar-refractivity contribution in [1.82, 2.24) is 4.98 Å². The predicted molar refractivity (Wildman–Crippen MR) is 74.8 cm³/mol. The second kappa shape index (κ2) is 5.55. The van der Waals surface area contributed by atoms with Gasteiger partial charge >= 0.3 is 0 Å². The summed E-state index contributed by atoms with van der Waals surface area (Å²) in [5.74, 6) is 0.282. The van der Waals surface area contributed by atoms with Crippen LogP contribution < -0.4 is 11.1 Å². The molecule has 1 aromatic carbocycles. The Balaban J connectivity index is 2.19. The number of benzene rings is 1. The predicted octanol–water partition coefficient (Wildman–Crippen LogP) is 2.64. The van der Waals surface area contributed by atoms with Gasteiger partial charge in [-0.05, 0) is 30.5 Å². The van der Waals surface area contributed by atoms with Gasteiger partial charge in [0, 0.05) is 4.90 Å². The third-order valence-electron chi connectivity index (χ3n) is 2.40. The van der Waals surface area contributed by atoms with Crippen LogP contribution in [0, 0.1) is 0 Å². The number of nitrogens with one attached hydrogen (secondary N) is 1. The number of carbonyl (C=O) groups excluding carboxylic acids is 1. The van der Waals surface area contributed by atoms with Crippen LogP contribution in [-0.2, 0) is 0 Å². The van der Waals surface area contributed by atoms with Crippen molar-refractivity contribution in [2.45, 2.75) is 4.90 Å². The zero-order valence-corrected chi connectivity index (χ0v) is 10.7. The molecule has 1 amide bonds. The molecule has 0 aliphatic carbocycles. The van der Waals surface area contributed by atoms with Crippen molar-refractivity contribution in [1.29, 1.82) is 0 Å². The van der Waals surface area contributed by atoms with Crippen LogP contribution in [-0.4, -0.2) is 17.1 Å². The topological polar surface area (TPSA) is 68.0 Å². The van der Waals surface area contributed by atoms with Gasteiger partial charge in [0.05, 0.1) is 17.4 Å². The maximum atomic E-state index is 12.1. The zero-order valence-electron chi connectivity index (χ0n) is 9.88. The summed E-state index contributed by atoms with van der Waals surface area (Å²) >= 11 is 1.54. The minimum atomic E-state index is -0.147. The van der Waals surface area contributed by atoms with Crippen molar-refractivity contribution in [3.05, 3.63) is 48.2 Å². The zero-order chi connectivity index (χ0) is 13.0. The van der Waals surface area contributed by atoms with E-state index < -0.39 is 0 Å². The molecule has 0 fully saturated rings. The van der Waals surface area contributed by atoms with Crippen LogP contribution in [0.2, 0.25) is 0 Å². The van der Waals surface area contributed by atoms with E-state index in [0.29, 0.717) is 17.1 Å². The highest BCUT2D eigenvalue weighted by Crippen LogP contribution is 2.21. The summed E-state index contributed by atoms with van der Waals surface area (Å²) in [5.41, 5.74) is 6.77. The lowest BCUT2D eigenvalue weighted by molar-refractivity contribution is 0.102. The maximum absolute atomic E-state index is 12.1. The van der Waals surface area contributed by atoms with E-state index in [0.717, 1.165) is 4.90 Å². The molecule has 3 N–H and O–H groups in total. The molecule has 1 heterocycles. The maximum Gasteiger partial charge on any atom is 0.256 e. The molecule has 4 nitrogen and oxygen atoms in total. The third kappa shape index (κ3) is 2.81. The molecule has 0 aliphatic rings. The fraction of sp³-hybridized carbons (Fsp3) is 0.0769. The van der Waals surface area contributed by atoms with Gasteiger partial charge in [0.15, 0.2) is 0 Å². The van der Waals surface area contributed by atoms with Crippen LogP contribution in [0.1, 0.15) is 10.4 Å². The van der Waals surface area contributed by atoms with Gasteiger partial charge in [-0.15, -0.1) is 11.8 Å². The van der Waals surface area contributed by atoms with Gasteiger partial charge in [0.1, 0.15) is 5.82 Å². The Morgan fingerprint density at radius 3 is 2.72 bits per heavy atom. The van der Waals surface area contributed by atoms with E-state index in [1.807, 2.05) is 24.5 Å². The second-order valence-electron chi connectivity index (χ2n) is 3.63. The monoisotopic (exact) mass is 259 g/mol. The number of aromatic nitrogens is 1. The molecule has 0 atom stereocenters. The summed E-state index contributed by atoms with van der Waals surface area (Å²) in [6.45, 7) is 0. The molecule has 0 unspecified atom stereocenters. The van der Waals surface area contributed by atoms with Crippen molar-refractivity contribution in [2.24, 2.45) is 0 Å². The Labute approximate surface area is 110 Å². The number of thioether (sulfide) groups is 1. The highest BCUT2D eigenvalue weighted by molar-refractivity contribution is 7.98. The van der Waals surface area contributed by atoms with Gasteiger partial charge in [-0.3, -0.25) is 4.79 Å². The average molecular weight is 259 g/mol. The first-order valence-corrected chi connectivity index (χ1v) is 6.59. The van der Waals surface area contributed by atoms with Gasteiger partial charge in [-0.25, -0.2) is 4.98 Å². The summed E-state index contributed by atoms with van der Waals surface area (Å²) < 4.78 is 0. The van der Waals surface area contributed by atoms with E-state index in [-0.39, 0.29) is 5.91 Å². The molecule has 0 bridgehead atoms. The molecular weight excluding hydrogens is 246 g/mol. The first-order chi connectivity index (χ1) is 8.70. The standard InChI is InChI=1S/C13H13N3OS/c1-18-11-5-3-2-4-10(11)13(17)16-9-6-7-12(14)15-8-9/h2-8H,1H3,(H2,14,15)(H,16,17). The molecule has 92 valence electrons. The van der Waals surface area contributed by atoms with Crippen LogP contribution in [0.5, 0.6) is 0 Å². The van der Waals surface area contributed by atoms with Crippen LogP contribution in [0.15, 0.2) is 47.5 Å². The third-order valence-corrected chi connectivity index (χ3v) is 3.19. The van der Waals surface area contributed by atoms with Crippen molar-refractivity contribution in [3.63, 3.8) is 0 Å². The lowest BCUT2D eigenvalue weighted by Gasteiger charge is -2.08. The van der Waals surface area contributed by atoms with Crippen molar-refractivity contribution >= 4 is 29.2 Å². The molecule has 0 saturated heterocycles. The van der Waals surface area contributed by atoms with Gasteiger partial charge in [-0.1, -0.05) is 12.1 Å². The van der Waals surface area contributed by atoms with E-state index in [2.05, 4.69) is 10.3 Å². The minimum absolute atomic E-state index is 0.147. The molecule has 18 heavy (non-hydrogen) atoms. The first-order valence-electron chi connectivity index (χ1n) is 5.36. The van der Waals surface area contributed by atoms with Gasteiger partial charge in [0.2, 0.25) is 0 Å². The number of amides is 1. The molecule has 1 aromatic heterocycles. The number of hydrogen-bond donors (Lipinski definition) is 2. The Morgan fingerprint density at radius 1 is 1.28 bits per heavy atom. The largest absolute Gasteiger partial charge is 0.384 e. The van der Waals surface area contributed by atoms with Crippen LogP contribution in [0.4, 0.5) is 11.5 Å². The number of nitrogens with two attached hydrogens (primary N) is 1. The van der Waals surface area contributed by atoms with Gasteiger partial charge in [-0.2, -0.15) is 0 Å². The second-order valence-corrected chi connectivity index (χ2v) is 4.47. The number of rotatable bonds is 3. The SMILES string of the molecule is CSc1ccccc1C(=O)Nc1ccc(N)nc1. The van der Waals surface area contributed by atoms with Crippen LogP contribution in [0.25, 0.3) is 0 Å². The Hall–Kier alpha value is -2.01. The van der Waals surface area contributed by atoms with Crippen LogP contribution in [0.3, 0.4) is 0 Å². The molecule has 0 aliphatic heterocycles. The van der Waals surface area contributed by atoms with E-state index >= 15 is 0 Å². The van der Waals surface area contributed by atoms with E-state index in [4.69, 9.17) is 5.73 Å². The van der Waals surface area contributed by atoms with Crippen molar-refractivity contribution in [2.75, 3.05) is 17.3 Å². The number of anilines is 2. The lowest BCUT2D eigenvalue weighted by atomic mass is 10.2.